The molecule has 1 fully saturated rings. The average molecular weight is 341 g/mol. The summed E-state index contributed by atoms with van der Waals surface area (Å²) in [7, 11) is 1.80. The van der Waals surface area contributed by atoms with Crippen LogP contribution < -0.4 is 4.90 Å². The van der Waals surface area contributed by atoms with E-state index in [0.29, 0.717) is 30.1 Å². The van der Waals surface area contributed by atoms with Crippen LogP contribution in [0.2, 0.25) is 5.02 Å². The lowest BCUT2D eigenvalue weighted by atomic mass is 9.81. The minimum Gasteiger partial charge on any atom is -0.337 e. The number of carbonyl (C=O) groups excluding carboxylic acids is 2. The van der Waals surface area contributed by atoms with Gasteiger partial charge in [0.05, 0.1) is 16.0 Å². The van der Waals surface area contributed by atoms with Gasteiger partial charge in [-0.1, -0.05) is 41.9 Å². The smallest absolute Gasteiger partial charge is 0.255 e. The van der Waals surface area contributed by atoms with E-state index >= 15 is 0 Å². The molecule has 0 aromatic heterocycles. The molecule has 5 heteroatoms. The predicted octanol–water partition coefficient (Wildman–Crippen LogP) is 3.10. The number of hydrogen-bond acceptors (Lipinski definition) is 2. The van der Waals surface area contributed by atoms with Crippen LogP contribution in [-0.2, 0) is 10.2 Å². The minimum absolute atomic E-state index is 0.0677. The van der Waals surface area contributed by atoms with Gasteiger partial charge in [0.2, 0.25) is 5.91 Å². The van der Waals surface area contributed by atoms with Crippen molar-refractivity contribution in [3.05, 3.63) is 64.7 Å². The van der Waals surface area contributed by atoms with E-state index in [1.165, 1.54) is 0 Å². The molecule has 2 aliphatic rings. The zero-order valence-corrected chi connectivity index (χ0v) is 14.1. The van der Waals surface area contributed by atoms with E-state index in [1.807, 2.05) is 24.3 Å². The number of likely N-dealkylation sites (tertiary alicyclic amines) is 1. The number of anilines is 1. The Hall–Kier alpha value is -2.33. The number of nitrogens with zero attached hydrogens (tertiary/aromatic N) is 2. The first-order valence-corrected chi connectivity index (χ1v) is 8.34. The number of carbonyl (C=O) groups is 2. The number of halogens is 1. The van der Waals surface area contributed by atoms with E-state index in [9.17, 15) is 9.59 Å². The second-order valence-electron chi connectivity index (χ2n) is 6.42. The number of amides is 2. The Labute approximate surface area is 145 Å². The van der Waals surface area contributed by atoms with Crippen molar-refractivity contribution >= 4 is 29.1 Å². The fourth-order valence-electron chi connectivity index (χ4n) is 3.90. The van der Waals surface area contributed by atoms with Gasteiger partial charge in [0.15, 0.2) is 0 Å². The monoisotopic (exact) mass is 340 g/mol. The number of rotatable bonds is 1. The van der Waals surface area contributed by atoms with Crippen molar-refractivity contribution in [3.8, 4) is 0 Å². The highest BCUT2D eigenvalue weighted by atomic mass is 35.5. The fourth-order valence-corrected chi connectivity index (χ4v) is 4.12. The Morgan fingerprint density at radius 3 is 2.62 bits per heavy atom. The summed E-state index contributed by atoms with van der Waals surface area (Å²) in [5, 5.41) is 0.443. The molecule has 0 radical (unpaired) electrons. The lowest BCUT2D eigenvalue weighted by Crippen LogP contribution is -2.42. The minimum atomic E-state index is -0.623. The number of likely N-dealkylation sites (N-methyl/N-ethyl adjacent to an activating group) is 1. The lowest BCUT2D eigenvalue weighted by Gasteiger charge is -2.23. The van der Waals surface area contributed by atoms with Gasteiger partial charge in [0.25, 0.3) is 5.91 Å². The van der Waals surface area contributed by atoms with Crippen molar-refractivity contribution in [1.82, 2.24) is 4.90 Å². The predicted molar refractivity (Wildman–Crippen MR) is 93.5 cm³/mol. The number of para-hydroxylation sites is 1. The quantitative estimate of drug-likeness (QED) is 0.800. The second kappa shape index (κ2) is 5.35. The molecule has 1 saturated heterocycles. The third-order valence-electron chi connectivity index (χ3n) is 5.16. The van der Waals surface area contributed by atoms with E-state index in [2.05, 4.69) is 0 Å². The lowest BCUT2D eigenvalue weighted by molar-refractivity contribution is -0.122. The zero-order chi connectivity index (χ0) is 16.9. The summed E-state index contributed by atoms with van der Waals surface area (Å²) in [5.41, 5.74) is 1.83. The summed E-state index contributed by atoms with van der Waals surface area (Å²) in [6.45, 7) is 0.954. The molecule has 2 aromatic rings. The third-order valence-corrected chi connectivity index (χ3v) is 5.49. The Balaban J connectivity index is 1.69. The maximum absolute atomic E-state index is 12.9. The van der Waals surface area contributed by atoms with Crippen LogP contribution >= 0.6 is 11.6 Å². The maximum atomic E-state index is 12.9. The summed E-state index contributed by atoms with van der Waals surface area (Å²) < 4.78 is 0. The number of hydrogen-bond donors (Lipinski definition) is 0. The summed E-state index contributed by atoms with van der Waals surface area (Å²) in [6.07, 6.45) is 0.642. The molecule has 2 aromatic carbocycles. The summed E-state index contributed by atoms with van der Waals surface area (Å²) in [6, 6.07) is 14.9. The van der Waals surface area contributed by atoms with Crippen LogP contribution in [0.4, 0.5) is 5.69 Å². The van der Waals surface area contributed by atoms with Crippen LogP contribution in [0.1, 0.15) is 22.3 Å². The van der Waals surface area contributed by atoms with E-state index in [-0.39, 0.29) is 11.8 Å². The van der Waals surface area contributed by atoms with Gasteiger partial charge >= 0.3 is 0 Å². The van der Waals surface area contributed by atoms with Crippen LogP contribution in [0.15, 0.2) is 48.5 Å². The highest BCUT2D eigenvalue weighted by Gasteiger charge is 2.54. The molecule has 2 amide bonds. The van der Waals surface area contributed by atoms with Crippen molar-refractivity contribution in [2.45, 2.75) is 11.8 Å². The number of fused-ring (bicyclic) bond motifs is 2. The third kappa shape index (κ3) is 1.99. The molecule has 122 valence electrons. The van der Waals surface area contributed by atoms with Gasteiger partial charge in [-0.3, -0.25) is 9.59 Å². The van der Waals surface area contributed by atoms with Crippen molar-refractivity contribution in [2.75, 3.05) is 25.0 Å². The molecule has 1 atom stereocenters. The van der Waals surface area contributed by atoms with Gasteiger partial charge in [-0.25, -0.2) is 0 Å². The van der Waals surface area contributed by atoms with Gasteiger partial charge in [-0.2, -0.15) is 0 Å². The molecular weight excluding hydrogens is 324 g/mol. The van der Waals surface area contributed by atoms with Gasteiger partial charge in [0, 0.05) is 25.8 Å². The Morgan fingerprint density at radius 2 is 1.83 bits per heavy atom. The summed E-state index contributed by atoms with van der Waals surface area (Å²) >= 11 is 6.16. The van der Waals surface area contributed by atoms with Gasteiger partial charge < -0.3 is 9.80 Å². The largest absolute Gasteiger partial charge is 0.337 e. The van der Waals surface area contributed by atoms with Crippen molar-refractivity contribution < 1.29 is 9.59 Å². The van der Waals surface area contributed by atoms with Crippen LogP contribution in [0.5, 0.6) is 0 Å². The molecule has 4 rings (SSSR count). The van der Waals surface area contributed by atoms with Gasteiger partial charge in [0.1, 0.15) is 0 Å². The van der Waals surface area contributed by atoms with E-state index in [0.717, 1.165) is 11.3 Å². The van der Waals surface area contributed by atoms with E-state index in [4.69, 9.17) is 11.6 Å². The molecule has 0 bridgehead atoms. The molecule has 2 heterocycles. The van der Waals surface area contributed by atoms with Crippen LogP contribution in [0.3, 0.4) is 0 Å². The molecular formula is C19H17ClN2O2. The second-order valence-corrected chi connectivity index (χ2v) is 6.83. The summed E-state index contributed by atoms with van der Waals surface area (Å²) in [4.78, 5) is 29.2. The molecule has 0 aliphatic carbocycles. The zero-order valence-electron chi connectivity index (χ0n) is 13.3. The molecule has 0 N–H and O–H groups in total. The highest BCUT2D eigenvalue weighted by Crippen LogP contribution is 2.46. The van der Waals surface area contributed by atoms with Crippen LogP contribution in [-0.4, -0.2) is 36.9 Å². The number of benzene rings is 2. The van der Waals surface area contributed by atoms with Crippen molar-refractivity contribution in [1.29, 1.82) is 0 Å². The first-order valence-electron chi connectivity index (χ1n) is 7.96. The Morgan fingerprint density at radius 1 is 1.12 bits per heavy atom. The first-order chi connectivity index (χ1) is 11.5. The topological polar surface area (TPSA) is 40.6 Å². The summed E-state index contributed by atoms with van der Waals surface area (Å²) in [5.74, 6) is -0.0459. The van der Waals surface area contributed by atoms with E-state index in [1.54, 1.807) is 41.1 Å². The van der Waals surface area contributed by atoms with E-state index < -0.39 is 5.41 Å². The molecule has 0 saturated carbocycles. The van der Waals surface area contributed by atoms with Crippen molar-refractivity contribution in [3.63, 3.8) is 0 Å². The molecule has 24 heavy (non-hydrogen) atoms. The van der Waals surface area contributed by atoms with Crippen molar-refractivity contribution in [2.24, 2.45) is 0 Å². The van der Waals surface area contributed by atoms with Crippen LogP contribution in [0.25, 0.3) is 0 Å². The van der Waals surface area contributed by atoms with Gasteiger partial charge in [-0.15, -0.1) is 0 Å². The standard InChI is InChI=1S/C19H17ClN2O2/c1-21-16-9-5-3-7-14(16)19(18(21)24)10-11-22(12-19)17(23)13-6-2-4-8-15(13)20/h2-9H,10-12H2,1H3/t19-/m1/s1. The molecule has 4 nitrogen and oxygen atoms in total. The highest BCUT2D eigenvalue weighted by molar-refractivity contribution is 6.33. The van der Waals surface area contributed by atoms with Gasteiger partial charge in [-0.05, 0) is 30.2 Å². The maximum Gasteiger partial charge on any atom is 0.255 e. The fraction of sp³-hybridized carbons (Fsp3) is 0.263. The average Bonchev–Trinajstić information content (AvgIpc) is 3.14. The molecule has 2 aliphatic heterocycles. The van der Waals surface area contributed by atoms with Crippen LogP contribution in [0, 0.1) is 0 Å². The SMILES string of the molecule is CN1C(=O)[C@@]2(CCN(C(=O)c3ccccc3Cl)C2)c2ccccc21. The molecule has 1 spiro atoms. The Kier molecular flexibility index (Phi) is 3.39. The normalized spacial score (nSPS) is 22.3. The Bertz CT molecular complexity index is 851. The molecule has 0 unspecified atom stereocenters. The first kappa shape index (κ1) is 15.2.